The van der Waals surface area contributed by atoms with Crippen molar-refractivity contribution < 1.29 is 4.79 Å². The highest BCUT2D eigenvalue weighted by Crippen LogP contribution is 2.38. The molecule has 4 rings (SSSR count). The van der Waals surface area contributed by atoms with Crippen molar-refractivity contribution in [3.05, 3.63) is 71.6 Å². The average Bonchev–Trinajstić information content (AvgIpc) is 3.37. The predicted molar refractivity (Wildman–Crippen MR) is 119 cm³/mol. The summed E-state index contributed by atoms with van der Waals surface area (Å²) in [5.74, 6) is 0.283. The van der Waals surface area contributed by atoms with Gasteiger partial charge in [-0.05, 0) is 53.1 Å². The first-order valence-electron chi connectivity index (χ1n) is 9.47. The number of thiophene rings is 2. The SMILES string of the molecule is CCCCCC(=O)c1ccc(-c2ccc(-c3ccc4ccccc4c3)s2)s1. The number of carbonyl (C=O) groups excluding carboxylic acids is 1. The average molecular weight is 391 g/mol. The largest absolute Gasteiger partial charge is 0.293 e. The highest BCUT2D eigenvalue weighted by atomic mass is 32.1. The molecule has 0 N–H and O–H groups in total. The van der Waals surface area contributed by atoms with Crippen LogP contribution in [0.5, 0.6) is 0 Å². The Morgan fingerprint density at radius 1 is 0.778 bits per heavy atom. The summed E-state index contributed by atoms with van der Waals surface area (Å²) >= 11 is 3.42. The number of unbranched alkanes of at least 4 members (excludes halogenated alkanes) is 2. The number of fused-ring (bicyclic) bond motifs is 1. The number of hydrogen-bond acceptors (Lipinski definition) is 3. The maximum Gasteiger partial charge on any atom is 0.172 e. The van der Waals surface area contributed by atoms with Gasteiger partial charge in [0.15, 0.2) is 5.78 Å². The van der Waals surface area contributed by atoms with E-state index in [0.717, 1.165) is 24.1 Å². The predicted octanol–water partition coefficient (Wildman–Crippen LogP) is 8.06. The molecule has 0 aliphatic carbocycles. The molecule has 0 unspecified atom stereocenters. The summed E-state index contributed by atoms with van der Waals surface area (Å²) in [4.78, 5) is 16.9. The van der Waals surface area contributed by atoms with Gasteiger partial charge >= 0.3 is 0 Å². The summed E-state index contributed by atoms with van der Waals surface area (Å²) in [5, 5.41) is 2.53. The van der Waals surface area contributed by atoms with Gasteiger partial charge < -0.3 is 0 Å². The van der Waals surface area contributed by atoms with Crippen LogP contribution in [-0.2, 0) is 0 Å². The van der Waals surface area contributed by atoms with E-state index in [1.165, 1.54) is 31.0 Å². The molecule has 0 fully saturated rings. The molecule has 0 amide bonds. The van der Waals surface area contributed by atoms with Crippen molar-refractivity contribution in [3.8, 4) is 20.2 Å². The van der Waals surface area contributed by atoms with Crippen molar-refractivity contribution in [2.24, 2.45) is 0 Å². The Kier molecular flexibility index (Phi) is 5.51. The van der Waals surface area contributed by atoms with E-state index in [9.17, 15) is 4.79 Å². The van der Waals surface area contributed by atoms with Crippen LogP contribution in [0.2, 0.25) is 0 Å². The molecule has 0 saturated carbocycles. The minimum atomic E-state index is 0.283. The highest BCUT2D eigenvalue weighted by molar-refractivity contribution is 7.24. The van der Waals surface area contributed by atoms with Gasteiger partial charge in [-0.15, -0.1) is 22.7 Å². The second kappa shape index (κ2) is 8.20. The van der Waals surface area contributed by atoms with Crippen molar-refractivity contribution >= 4 is 39.2 Å². The van der Waals surface area contributed by atoms with E-state index in [1.54, 1.807) is 22.7 Å². The molecular formula is C24H22OS2. The van der Waals surface area contributed by atoms with Gasteiger partial charge in [-0.3, -0.25) is 4.79 Å². The summed E-state index contributed by atoms with van der Waals surface area (Å²) in [6, 6.07) is 23.5. The number of rotatable bonds is 7. The molecule has 1 nitrogen and oxygen atoms in total. The minimum Gasteiger partial charge on any atom is -0.293 e. The maximum atomic E-state index is 12.3. The fourth-order valence-corrected chi connectivity index (χ4v) is 5.31. The van der Waals surface area contributed by atoms with Crippen molar-refractivity contribution in [2.75, 3.05) is 0 Å². The van der Waals surface area contributed by atoms with Crippen LogP contribution in [0.25, 0.3) is 31.0 Å². The van der Waals surface area contributed by atoms with Gasteiger partial charge in [0, 0.05) is 21.1 Å². The van der Waals surface area contributed by atoms with Crippen LogP contribution in [0, 0.1) is 0 Å². The van der Waals surface area contributed by atoms with E-state index in [1.807, 2.05) is 6.07 Å². The fourth-order valence-electron chi connectivity index (χ4n) is 3.25. The van der Waals surface area contributed by atoms with Crippen molar-refractivity contribution in [1.29, 1.82) is 0 Å². The monoisotopic (exact) mass is 390 g/mol. The molecule has 2 heterocycles. The first-order valence-corrected chi connectivity index (χ1v) is 11.1. The van der Waals surface area contributed by atoms with Crippen LogP contribution in [0.15, 0.2) is 66.7 Å². The van der Waals surface area contributed by atoms with Crippen molar-refractivity contribution in [2.45, 2.75) is 32.6 Å². The third-order valence-corrected chi connectivity index (χ3v) is 7.23. The fraction of sp³-hybridized carbons (Fsp3) is 0.208. The molecule has 3 heteroatoms. The molecule has 2 aromatic carbocycles. The smallest absolute Gasteiger partial charge is 0.172 e. The molecular weight excluding hydrogens is 368 g/mol. The van der Waals surface area contributed by atoms with Gasteiger partial charge in [-0.25, -0.2) is 0 Å². The molecule has 0 saturated heterocycles. The Morgan fingerprint density at radius 2 is 1.52 bits per heavy atom. The lowest BCUT2D eigenvalue weighted by Crippen LogP contribution is -1.94. The van der Waals surface area contributed by atoms with E-state index < -0.39 is 0 Å². The van der Waals surface area contributed by atoms with Gasteiger partial charge in [0.25, 0.3) is 0 Å². The van der Waals surface area contributed by atoms with Crippen LogP contribution in [-0.4, -0.2) is 5.78 Å². The van der Waals surface area contributed by atoms with E-state index in [-0.39, 0.29) is 5.78 Å². The van der Waals surface area contributed by atoms with Crippen LogP contribution in [0.1, 0.15) is 42.3 Å². The third kappa shape index (κ3) is 4.05. The molecule has 4 aromatic rings. The summed E-state index contributed by atoms with van der Waals surface area (Å²) in [5.41, 5.74) is 1.25. The van der Waals surface area contributed by atoms with Crippen LogP contribution in [0.3, 0.4) is 0 Å². The molecule has 136 valence electrons. The summed E-state index contributed by atoms with van der Waals surface area (Å²) in [6.07, 6.45) is 3.94. The second-order valence-electron chi connectivity index (χ2n) is 6.77. The number of ketones is 1. The van der Waals surface area contributed by atoms with Crippen molar-refractivity contribution in [3.63, 3.8) is 0 Å². The normalized spacial score (nSPS) is 11.1. The number of benzene rings is 2. The second-order valence-corrected chi connectivity index (χ2v) is 8.94. The molecule has 2 aromatic heterocycles. The lowest BCUT2D eigenvalue weighted by atomic mass is 10.1. The summed E-state index contributed by atoms with van der Waals surface area (Å²) < 4.78 is 0. The number of Topliss-reactive ketones (excluding diaryl/α,β-unsaturated/α-hetero) is 1. The van der Waals surface area contributed by atoms with Crippen LogP contribution in [0.4, 0.5) is 0 Å². The van der Waals surface area contributed by atoms with E-state index in [2.05, 4.69) is 67.6 Å². The zero-order valence-electron chi connectivity index (χ0n) is 15.4. The highest BCUT2D eigenvalue weighted by Gasteiger charge is 2.12. The number of hydrogen-bond donors (Lipinski definition) is 0. The Morgan fingerprint density at radius 3 is 2.37 bits per heavy atom. The number of carbonyl (C=O) groups is 1. The van der Waals surface area contributed by atoms with Crippen LogP contribution < -0.4 is 0 Å². The van der Waals surface area contributed by atoms with Gasteiger partial charge in [0.05, 0.1) is 4.88 Å². The quantitative estimate of drug-likeness (QED) is 0.230. The molecule has 0 spiro atoms. The molecule has 0 aliphatic heterocycles. The van der Waals surface area contributed by atoms with E-state index in [0.29, 0.717) is 6.42 Å². The lowest BCUT2D eigenvalue weighted by Gasteiger charge is -2.01. The standard InChI is InChI=1S/C24H22OS2/c1-2-3-4-9-20(25)22-13-15-24(27-22)23-14-12-21(26-23)19-11-10-17-7-5-6-8-18(17)16-19/h5-8,10-16H,2-4,9H2,1H3. The lowest BCUT2D eigenvalue weighted by molar-refractivity contribution is 0.0983. The first-order chi connectivity index (χ1) is 13.2. The van der Waals surface area contributed by atoms with Gasteiger partial charge in [-0.1, -0.05) is 56.2 Å². The summed E-state index contributed by atoms with van der Waals surface area (Å²) in [7, 11) is 0. The third-order valence-electron chi connectivity index (χ3n) is 4.77. The van der Waals surface area contributed by atoms with Gasteiger partial charge in [-0.2, -0.15) is 0 Å². The summed E-state index contributed by atoms with van der Waals surface area (Å²) in [6.45, 7) is 2.16. The first kappa shape index (κ1) is 18.1. The minimum absolute atomic E-state index is 0.283. The van der Waals surface area contributed by atoms with E-state index in [4.69, 9.17) is 0 Å². The van der Waals surface area contributed by atoms with E-state index >= 15 is 0 Å². The Bertz CT molecular complexity index is 1070. The van der Waals surface area contributed by atoms with Gasteiger partial charge in [0.1, 0.15) is 0 Å². The Hall–Kier alpha value is -2.23. The molecule has 0 atom stereocenters. The Labute approximate surface area is 168 Å². The van der Waals surface area contributed by atoms with Crippen molar-refractivity contribution in [1.82, 2.24) is 0 Å². The van der Waals surface area contributed by atoms with Crippen LogP contribution >= 0.6 is 22.7 Å². The maximum absolute atomic E-state index is 12.3. The molecule has 0 bridgehead atoms. The topological polar surface area (TPSA) is 17.1 Å². The Balaban J connectivity index is 1.54. The zero-order chi connectivity index (χ0) is 18.6. The zero-order valence-corrected chi connectivity index (χ0v) is 17.0. The molecule has 27 heavy (non-hydrogen) atoms. The molecule has 0 radical (unpaired) electrons. The molecule has 0 aliphatic rings. The van der Waals surface area contributed by atoms with Gasteiger partial charge in [0.2, 0.25) is 0 Å².